The van der Waals surface area contributed by atoms with Gasteiger partial charge >= 0.3 is 0 Å². The van der Waals surface area contributed by atoms with E-state index in [1.807, 2.05) is 25.1 Å². The third kappa shape index (κ3) is 4.44. The largest absolute Gasteiger partial charge is 0.395 e. The minimum absolute atomic E-state index is 0.160. The van der Waals surface area contributed by atoms with Crippen molar-refractivity contribution in [2.45, 2.75) is 6.92 Å². The van der Waals surface area contributed by atoms with E-state index >= 15 is 0 Å². The van der Waals surface area contributed by atoms with Crippen LogP contribution >= 0.6 is 0 Å². The normalized spacial score (nSPS) is 13.6. The molecule has 3 rings (SSSR count). The Kier molecular flexibility index (Phi) is 6.41. The molecule has 2 aromatic carbocycles. The number of rotatable bonds is 7. The van der Waals surface area contributed by atoms with Crippen molar-refractivity contribution in [3.05, 3.63) is 59.8 Å². The molecule has 8 nitrogen and oxygen atoms in total. The van der Waals surface area contributed by atoms with Crippen molar-refractivity contribution in [3.63, 3.8) is 0 Å². The predicted molar refractivity (Wildman–Crippen MR) is 121 cm³/mol. The van der Waals surface area contributed by atoms with Gasteiger partial charge in [0.15, 0.2) is 0 Å². The number of likely N-dealkylation sites (N-methyl/N-ethyl adjacent to an activating group) is 1. The van der Waals surface area contributed by atoms with Crippen LogP contribution in [-0.2, 0) is 14.4 Å². The number of amides is 3. The zero-order valence-electron chi connectivity index (χ0n) is 18.0. The third-order valence-corrected chi connectivity index (χ3v) is 4.97. The van der Waals surface area contributed by atoms with Gasteiger partial charge in [-0.3, -0.25) is 14.4 Å². The number of anilines is 3. The Morgan fingerprint density at radius 2 is 1.71 bits per heavy atom. The lowest BCUT2D eigenvalue weighted by atomic mass is 10.0. The molecule has 8 heteroatoms. The monoisotopic (exact) mass is 422 g/mol. The fraction of sp³-hybridized carbons (Fsp3) is 0.261. The molecule has 0 fully saturated rings. The summed E-state index contributed by atoms with van der Waals surface area (Å²) in [4.78, 5) is 42.7. The highest BCUT2D eigenvalue weighted by Crippen LogP contribution is 2.35. The Morgan fingerprint density at radius 3 is 2.29 bits per heavy atom. The second-order valence-corrected chi connectivity index (χ2v) is 7.49. The maximum absolute atomic E-state index is 13.5. The summed E-state index contributed by atoms with van der Waals surface area (Å²) < 4.78 is 0. The number of imide groups is 1. The Balaban J connectivity index is 2.07. The van der Waals surface area contributed by atoms with Crippen molar-refractivity contribution in [3.8, 4) is 0 Å². The summed E-state index contributed by atoms with van der Waals surface area (Å²) in [6.07, 6.45) is 0. The highest BCUT2D eigenvalue weighted by Gasteiger charge is 2.41. The molecule has 2 N–H and O–H groups in total. The van der Waals surface area contributed by atoms with Gasteiger partial charge in [0.05, 0.1) is 17.9 Å². The van der Waals surface area contributed by atoms with Crippen LogP contribution in [0.3, 0.4) is 0 Å². The van der Waals surface area contributed by atoms with Crippen molar-refractivity contribution in [2.75, 3.05) is 49.4 Å². The van der Waals surface area contributed by atoms with E-state index in [1.165, 1.54) is 6.92 Å². The minimum atomic E-state index is -0.446. The first-order valence-electron chi connectivity index (χ1n) is 9.85. The highest BCUT2D eigenvalue weighted by molar-refractivity contribution is 6.45. The topological polar surface area (TPSA) is 93.2 Å². The molecule has 0 unspecified atom stereocenters. The Hall–Kier alpha value is -3.65. The first-order valence-corrected chi connectivity index (χ1v) is 9.85. The summed E-state index contributed by atoms with van der Waals surface area (Å²) in [5.41, 5.74) is 2.96. The van der Waals surface area contributed by atoms with Gasteiger partial charge in [0.25, 0.3) is 11.8 Å². The molecule has 1 aliphatic rings. The van der Waals surface area contributed by atoms with E-state index in [9.17, 15) is 19.5 Å². The molecule has 1 heterocycles. The summed E-state index contributed by atoms with van der Waals surface area (Å²) in [5, 5.41) is 12.1. The van der Waals surface area contributed by atoms with Crippen LogP contribution in [0.15, 0.2) is 54.2 Å². The molecule has 0 saturated carbocycles. The molecule has 0 radical (unpaired) electrons. The number of carbonyl (C=O) groups is 3. The van der Waals surface area contributed by atoms with E-state index in [0.717, 1.165) is 10.6 Å². The molecule has 3 amide bonds. The predicted octanol–water partition coefficient (Wildman–Crippen LogP) is 1.92. The van der Waals surface area contributed by atoms with E-state index in [1.54, 1.807) is 54.4 Å². The third-order valence-electron chi connectivity index (χ3n) is 4.97. The molecule has 162 valence electrons. The molecule has 0 bridgehead atoms. The number of nitrogens with zero attached hydrogens (tertiary/aromatic N) is 3. The number of aliphatic hydroxyl groups excluding tert-OH is 1. The molecule has 1 aliphatic heterocycles. The number of aliphatic hydroxyl groups is 1. The number of carbonyl (C=O) groups excluding carboxylic acids is 3. The first-order chi connectivity index (χ1) is 14.7. The van der Waals surface area contributed by atoms with E-state index < -0.39 is 11.8 Å². The molecule has 0 atom stereocenters. The molecule has 0 aliphatic carbocycles. The Morgan fingerprint density at radius 1 is 1.03 bits per heavy atom. The van der Waals surface area contributed by atoms with Gasteiger partial charge in [-0.1, -0.05) is 18.2 Å². The molecular formula is C23H26N4O4. The number of hydrogen-bond acceptors (Lipinski definition) is 6. The van der Waals surface area contributed by atoms with Crippen LogP contribution in [0.1, 0.15) is 12.5 Å². The van der Waals surface area contributed by atoms with Crippen LogP contribution < -0.4 is 15.1 Å². The van der Waals surface area contributed by atoms with E-state index in [-0.39, 0.29) is 30.3 Å². The lowest BCUT2D eigenvalue weighted by Crippen LogP contribution is -2.35. The van der Waals surface area contributed by atoms with E-state index in [0.29, 0.717) is 16.9 Å². The second kappa shape index (κ2) is 9.01. The standard InChI is InChI=1S/C23H26N4O4/c1-15(29)24-17-10-8-16(9-11-17)20-21(26(4)12-13-28)23(31)27(22(20)30)19-7-5-6-18(14-19)25(2)3/h5-11,14,28H,12-13H2,1-4H3,(H,24,29). The smallest absolute Gasteiger partial charge is 0.282 e. The van der Waals surface area contributed by atoms with Crippen LogP contribution in [0.4, 0.5) is 17.1 Å². The molecule has 0 aromatic heterocycles. The first kappa shape index (κ1) is 22.0. The lowest BCUT2D eigenvalue weighted by molar-refractivity contribution is -0.120. The zero-order valence-corrected chi connectivity index (χ0v) is 18.0. The fourth-order valence-electron chi connectivity index (χ4n) is 3.46. The van der Waals surface area contributed by atoms with Gasteiger partial charge in [0, 0.05) is 46.0 Å². The van der Waals surface area contributed by atoms with Crippen molar-refractivity contribution in [1.29, 1.82) is 0 Å². The minimum Gasteiger partial charge on any atom is -0.395 e. The van der Waals surface area contributed by atoms with Crippen LogP contribution in [0, 0.1) is 0 Å². The summed E-state index contributed by atoms with van der Waals surface area (Å²) in [7, 11) is 5.43. The van der Waals surface area contributed by atoms with Gasteiger partial charge in [0.2, 0.25) is 5.91 Å². The summed E-state index contributed by atoms with van der Waals surface area (Å²) in [6.45, 7) is 1.46. The maximum Gasteiger partial charge on any atom is 0.282 e. The molecular weight excluding hydrogens is 396 g/mol. The van der Waals surface area contributed by atoms with Crippen molar-refractivity contribution in [2.24, 2.45) is 0 Å². The van der Waals surface area contributed by atoms with Gasteiger partial charge in [-0.05, 0) is 35.9 Å². The van der Waals surface area contributed by atoms with Crippen molar-refractivity contribution >= 4 is 40.4 Å². The lowest BCUT2D eigenvalue weighted by Gasteiger charge is -2.21. The van der Waals surface area contributed by atoms with Gasteiger partial charge in [-0.25, -0.2) is 4.90 Å². The molecule has 0 saturated heterocycles. The van der Waals surface area contributed by atoms with E-state index in [2.05, 4.69) is 5.32 Å². The van der Waals surface area contributed by atoms with E-state index in [4.69, 9.17) is 0 Å². The quantitative estimate of drug-likeness (QED) is 0.663. The van der Waals surface area contributed by atoms with Crippen LogP contribution in [0.25, 0.3) is 5.57 Å². The van der Waals surface area contributed by atoms with Crippen LogP contribution in [-0.4, -0.2) is 62.0 Å². The summed E-state index contributed by atoms with van der Waals surface area (Å²) in [5.74, 6) is -1.08. The Bertz CT molecular complexity index is 1040. The average molecular weight is 422 g/mol. The second-order valence-electron chi connectivity index (χ2n) is 7.49. The van der Waals surface area contributed by atoms with Gasteiger partial charge in [-0.2, -0.15) is 0 Å². The van der Waals surface area contributed by atoms with Gasteiger partial charge < -0.3 is 20.2 Å². The SMILES string of the molecule is CC(=O)Nc1ccc(C2=C(N(C)CCO)C(=O)N(c3cccc(N(C)C)c3)C2=O)cc1. The molecule has 0 spiro atoms. The Labute approximate surface area is 181 Å². The van der Waals surface area contributed by atoms with Crippen LogP contribution in [0.2, 0.25) is 0 Å². The molecule has 2 aromatic rings. The summed E-state index contributed by atoms with van der Waals surface area (Å²) >= 11 is 0. The number of benzene rings is 2. The number of nitrogens with one attached hydrogen (secondary N) is 1. The zero-order chi connectivity index (χ0) is 22.7. The summed E-state index contributed by atoms with van der Waals surface area (Å²) in [6, 6.07) is 13.9. The van der Waals surface area contributed by atoms with Gasteiger partial charge in [0.1, 0.15) is 5.70 Å². The molecule has 31 heavy (non-hydrogen) atoms. The van der Waals surface area contributed by atoms with Crippen molar-refractivity contribution in [1.82, 2.24) is 4.90 Å². The number of hydrogen-bond donors (Lipinski definition) is 2. The van der Waals surface area contributed by atoms with Crippen molar-refractivity contribution < 1.29 is 19.5 Å². The highest BCUT2D eigenvalue weighted by atomic mass is 16.3. The fourth-order valence-corrected chi connectivity index (χ4v) is 3.46. The van der Waals surface area contributed by atoms with Crippen LogP contribution in [0.5, 0.6) is 0 Å². The maximum atomic E-state index is 13.5. The average Bonchev–Trinajstić information content (AvgIpc) is 2.98. The van der Waals surface area contributed by atoms with Gasteiger partial charge in [-0.15, -0.1) is 0 Å².